The molecule has 0 aromatic heterocycles. The summed E-state index contributed by atoms with van der Waals surface area (Å²) in [6.45, 7) is 8.54. The molecule has 0 saturated carbocycles. The van der Waals surface area contributed by atoms with Gasteiger partial charge in [0.2, 0.25) is 0 Å². The van der Waals surface area contributed by atoms with Crippen molar-refractivity contribution >= 4 is 23.1 Å². The zero-order valence-corrected chi connectivity index (χ0v) is 15.0. The second-order valence-electron chi connectivity index (χ2n) is 6.97. The molecule has 1 saturated heterocycles. The van der Waals surface area contributed by atoms with Crippen molar-refractivity contribution in [1.29, 1.82) is 0 Å². The Morgan fingerprint density at radius 1 is 1.28 bits per heavy atom. The standard InChI is InChI=1S/C18H24N2O5/c1-11-7-12(2)10-19(9-11)16-6-5-15(8-17(16)20(23)24)18(22)25-14(4)13(3)21/h5-6,8,11-12,14H,7,9-10H2,1-4H3. The number of hydrogen-bond donors (Lipinski definition) is 0. The number of hydrogen-bond acceptors (Lipinski definition) is 6. The van der Waals surface area contributed by atoms with E-state index >= 15 is 0 Å². The Bertz CT molecular complexity index is 678. The van der Waals surface area contributed by atoms with Gasteiger partial charge in [-0.15, -0.1) is 0 Å². The first-order chi connectivity index (χ1) is 11.7. The molecule has 0 radical (unpaired) electrons. The lowest BCUT2D eigenvalue weighted by molar-refractivity contribution is -0.384. The number of Topliss-reactive ketones (excluding diaryl/α,β-unsaturated/α-hetero) is 1. The minimum Gasteiger partial charge on any atom is -0.451 e. The summed E-state index contributed by atoms with van der Waals surface area (Å²) in [5.74, 6) is -0.123. The Balaban J connectivity index is 2.30. The van der Waals surface area contributed by atoms with E-state index in [-0.39, 0.29) is 17.0 Å². The Morgan fingerprint density at radius 2 is 1.88 bits per heavy atom. The summed E-state index contributed by atoms with van der Waals surface area (Å²) in [6.07, 6.45) is 0.215. The minimum atomic E-state index is -0.880. The highest BCUT2D eigenvalue weighted by Crippen LogP contribution is 2.34. The monoisotopic (exact) mass is 348 g/mol. The average molecular weight is 348 g/mol. The Hall–Kier alpha value is -2.44. The van der Waals surface area contributed by atoms with Gasteiger partial charge in [0.25, 0.3) is 5.69 Å². The third-order valence-electron chi connectivity index (χ3n) is 4.47. The van der Waals surface area contributed by atoms with E-state index in [1.807, 2.05) is 4.90 Å². The zero-order valence-electron chi connectivity index (χ0n) is 15.0. The summed E-state index contributed by atoms with van der Waals surface area (Å²) in [5, 5.41) is 11.5. The second kappa shape index (κ2) is 7.63. The number of nitrogens with zero attached hydrogens (tertiary/aromatic N) is 2. The quantitative estimate of drug-likeness (QED) is 0.461. The van der Waals surface area contributed by atoms with E-state index in [9.17, 15) is 19.7 Å². The number of esters is 1. The van der Waals surface area contributed by atoms with Gasteiger partial charge >= 0.3 is 5.97 Å². The van der Waals surface area contributed by atoms with Crippen molar-refractivity contribution in [3.63, 3.8) is 0 Å². The topological polar surface area (TPSA) is 89.8 Å². The lowest BCUT2D eigenvalue weighted by atomic mass is 9.91. The van der Waals surface area contributed by atoms with Crippen molar-refractivity contribution in [1.82, 2.24) is 0 Å². The second-order valence-corrected chi connectivity index (χ2v) is 6.97. The van der Waals surface area contributed by atoms with Crippen LogP contribution in [0.1, 0.15) is 44.5 Å². The molecule has 0 N–H and O–H groups in total. The van der Waals surface area contributed by atoms with Crippen LogP contribution in [0.15, 0.2) is 18.2 Å². The summed E-state index contributed by atoms with van der Waals surface area (Å²) >= 11 is 0. The van der Waals surface area contributed by atoms with Crippen LogP contribution < -0.4 is 4.90 Å². The fourth-order valence-electron chi connectivity index (χ4n) is 3.24. The van der Waals surface area contributed by atoms with Crippen LogP contribution in [0.3, 0.4) is 0 Å². The maximum absolute atomic E-state index is 12.1. The lowest BCUT2D eigenvalue weighted by Gasteiger charge is -2.36. The van der Waals surface area contributed by atoms with Gasteiger partial charge < -0.3 is 9.64 Å². The lowest BCUT2D eigenvalue weighted by Crippen LogP contribution is -2.39. The normalized spacial score (nSPS) is 21.5. The van der Waals surface area contributed by atoms with Crippen LogP contribution in [0.4, 0.5) is 11.4 Å². The molecule has 0 bridgehead atoms. The summed E-state index contributed by atoms with van der Waals surface area (Å²) in [6, 6.07) is 4.34. The van der Waals surface area contributed by atoms with Gasteiger partial charge in [-0.05, 0) is 44.2 Å². The SMILES string of the molecule is CC(=O)C(C)OC(=O)c1ccc(N2CC(C)CC(C)C2)c([N+](=O)[O-])c1. The van der Waals surface area contributed by atoms with Crippen molar-refractivity contribution < 1.29 is 19.2 Å². The molecule has 3 atom stereocenters. The number of ketones is 1. The maximum atomic E-state index is 12.1. The molecule has 7 nitrogen and oxygen atoms in total. The number of piperidine rings is 1. The average Bonchev–Trinajstić information content (AvgIpc) is 2.53. The molecule has 0 amide bonds. The zero-order chi connectivity index (χ0) is 18.7. The van der Waals surface area contributed by atoms with Crippen LogP contribution in [-0.4, -0.2) is 35.9 Å². The van der Waals surface area contributed by atoms with Gasteiger partial charge in [-0.25, -0.2) is 4.79 Å². The maximum Gasteiger partial charge on any atom is 0.339 e. The largest absolute Gasteiger partial charge is 0.451 e. The van der Waals surface area contributed by atoms with Gasteiger partial charge in [0, 0.05) is 19.2 Å². The van der Waals surface area contributed by atoms with Crippen molar-refractivity contribution in [3.05, 3.63) is 33.9 Å². The van der Waals surface area contributed by atoms with Gasteiger partial charge in [0.05, 0.1) is 10.5 Å². The molecule has 1 aromatic rings. The van der Waals surface area contributed by atoms with Crippen LogP contribution in [0, 0.1) is 22.0 Å². The number of rotatable bonds is 5. The first-order valence-electron chi connectivity index (χ1n) is 8.43. The molecule has 25 heavy (non-hydrogen) atoms. The highest BCUT2D eigenvalue weighted by molar-refractivity contribution is 5.93. The molecule has 1 aromatic carbocycles. The van der Waals surface area contributed by atoms with Crippen LogP contribution in [0.2, 0.25) is 0 Å². The number of ether oxygens (including phenoxy) is 1. The molecule has 3 unspecified atom stereocenters. The van der Waals surface area contributed by atoms with Gasteiger partial charge in [0.1, 0.15) is 5.69 Å². The van der Waals surface area contributed by atoms with Crippen molar-refractivity contribution in [2.24, 2.45) is 11.8 Å². The third kappa shape index (κ3) is 4.55. The van der Waals surface area contributed by atoms with Gasteiger partial charge in [-0.1, -0.05) is 13.8 Å². The first kappa shape index (κ1) is 18.9. The molecule has 7 heteroatoms. The predicted molar refractivity (Wildman–Crippen MR) is 93.8 cm³/mol. The number of carbonyl (C=O) groups is 2. The van der Waals surface area contributed by atoms with E-state index < -0.39 is 17.0 Å². The Morgan fingerprint density at radius 3 is 2.40 bits per heavy atom. The number of benzene rings is 1. The summed E-state index contributed by atoms with van der Waals surface area (Å²) in [4.78, 5) is 36.4. The highest BCUT2D eigenvalue weighted by Gasteiger charge is 2.28. The molecular formula is C18H24N2O5. The summed E-state index contributed by atoms with van der Waals surface area (Å²) < 4.78 is 5.03. The van der Waals surface area contributed by atoms with Crippen LogP contribution in [0.25, 0.3) is 0 Å². The molecule has 0 spiro atoms. The number of nitro groups is 1. The van der Waals surface area contributed by atoms with Crippen molar-refractivity contribution in [2.75, 3.05) is 18.0 Å². The van der Waals surface area contributed by atoms with Crippen molar-refractivity contribution in [2.45, 2.75) is 40.2 Å². The van der Waals surface area contributed by atoms with E-state index in [1.165, 1.54) is 26.0 Å². The Labute approximate surface area is 147 Å². The van der Waals surface area contributed by atoms with E-state index in [1.54, 1.807) is 6.07 Å². The van der Waals surface area contributed by atoms with Crippen LogP contribution in [0.5, 0.6) is 0 Å². The van der Waals surface area contributed by atoms with E-state index in [0.29, 0.717) is 17.5 Å². The number of carbonyl (C=O) groups excluding carboxylic acids is 2. The van der Waals surface area contributed by atoms with Gasteiger partial charge in [0.15, 0.2) is 11.9 Å². The highest BCUT2D eigenvalue weighted by atomic mass is 16.6. The third-order valence-corrected chi connectivity index (χ3v) is 4.47. The van der Waals surface area contributed by atoms with Crippen molar-refractivity contribution in [3.8, 4) is 0 Å². The number of anilines is 1. The summed E-state index contributed by atoms with van der Waals surface area (Å²) in [7, 11) is 0. The predicted octanol–water partition coefficient (Wildman–Crippen LogP) is 3.21. The van der Waals surface area contributed by atoms with Gasteiger partial charge in [-0.2, -0.15) is 0 Å². The molecule has 1 fully saturated rings. The van der Waals surface area contributed by atoms with Gasteiger partial charge in [-0.3, -0.25) is 14.9 Å². The molecular weight excluding hydrogens is 324 g/mol. The fourth-order valence-corrected chi connectivity index (χ4v) is 3.24. The molecule has 136 valence electrons. The fraction of sp³-hybridized carbons (Fsp3) is 0.556. The molecule has 0 aliphatic carbocycles. The van der Waals surface area contributed by atoms with Crippen LogP contribution >= 0.6 is 0 Å². The molecule has 2 rings (SSSR count). The van der Waals surface area contributed by atoms with Crippen LogP contribution in [-0.2, 0) is 9.53 Å². The minimum absolute atomic E-state index is 0.0710. The van der Waals surface area contributed by atoms with E-state index in [2.05, 4.69) is 13.8 Å². The van der Waals surface area contributed by atoms with E-state index in [0.717, 1.165) is 19.5 Å². The Kier molecular flexibility index (Phi) is 5.77. The molecule has 1 aliphatic heterocycles. The smallest absolute Gasteiger partial charge is 0.339 e. The number of nitro benzene ring substituents is 1. The first-order valence-corrected chi connectivity index (χ1v) is 8.43. The molecule has 1 aliphatic rings. The molecule has 1 heterocycles. The van der Waals surface area contributed by atoms with E-state index in [4.69, 9.17) is 4.74 Å². The summed E-state index contributed by atoms with van der Waals surface area (Å²) in [5.41, 5.74) is 0.465.